The minimum Gasteiger partial charge on any atom is -0.378 e. The normalized spacial score (nSPS) is 48.5. The first-order valence-electron chi connectivity index (χ1n) is 8.73. The monoisotopic (exact) mass is 263 g/mol. The molecule has 1 heterocycles. The average molecular weight is 263 g/mol. The topological polar surface area (TPSA) is 21.3 Å². The zero-order valence-corrected chi connectivity index (χ0v) is 12.3. The molecule has 0 aromatic rings. The number of hydrogen-bond donors (Lipinski definition) is 1. The third-order valence-electron chi connectivity index (χ3n) is 6.55. The molecule has 4 aliphatic rings. The van der Waals surface area contributed by atoms with Gasteiger partial charge in [-0.1, -0.05) is 6.92 Å². The molecular formula is C17H29NO. The summed E-state index contributed by atoms with van der Waals surface area (Å²) in [6.45, 7) is 4.42. The molecule has 2 nitrogen and oxygen atoms in total. The van der Waals surface area contributed by atoms with Crippen molar-refractivity contribution in [3.8, 4) is 0 Å². The van der Waals surface area contributed by atoms with Crippen LogP contribution in [0.2, 0.25) is 0 Å². The van der Waals surface area contributed by atoms with E-state index in [4.69, 9.17) is 4.74 Å². The standard InChI is InChI=1S/C17H29NO/c1-2-18-14(8-7-13-4-3-9-19-13)17-15-11-5-6-12(10-11)16(15)17/h11-18H,2-10H2,1H3. The summed E-state index contributed by atoms with van der Waals surface area (Å²) in [7, 11) is 0. The van der Waals surface area contributed by atoms with Gasteiger partial charge in [0.1, 0.15) is 0 Å². The lowest BCUT2D eigenvalue weighted by Crippen LogP contribution is -2.34. The first-order valence-corrected chi connectivity index (χ1v) is 8.73. The van der Waals surface area contributed by atoms with E-state index in [9.17, 15) is 0 Å². The molecule has 19 heavy (non-hydrogen) atoms. The van der Waals surface area contributed by atoms with E-state index in [-0.39, 0.29) is 0 Å². The highest BCUT2D eigenvalue weighted by Crippen LogP contribution is 2.70. The number of fused-ring (bicyclic) bond motifs is 5. The fourth-order valence-electron chi connectivity index (χ4n) is 5.86. The molecule has 2 heteroatoms. The van der Waals surface area contributed by atoms with Crippen LogP contribution >= 0.6 is 0 Å². The Morgan fingerprint density at radius 2 is 1.95 bits per heavy atom. The Kier molecular flexibility index (Phi) is 3.35. The number of nitrogens with one attached hydrogen (secondary N) is 1. The van der Waals surface area contributed by atoms with Crippen LogP contribution in [0.1, 0.15) is 51.9 Å². The van der Waals surface area contributed by atoms with Gasteiger partial charge in [-0.2, -0.15) is 0 Å². The molecule has 3 saturated carbocycles. The van der Waals surface area contributed by atoms with Gasteiger partial charge < -0.3 is 10.1 Å². The molecule has 0 radical (unpaired) electrons. The quantitative estimate of drug-likeness (QED) is 0.794. The summed E-state index contributed by atoms with van der Waals surface area (Å²) in [6.07, 6.45) is 10.5. The SMILES string of the molecule is CCNC(CCC1CCCO1)C1C2C3CCC(C3)C21. The van der Waals surface area contributed by atoms with Crippen molar-refractivity contribution in [1.29, 1.82) is 0 Å². The summed E-state index contributed by atoms with van der Waals surface area (Å²) in [5, 5.41) is 3.81. The maximum absolute atomic E-state index is 5.80. The molecule has 1 saturated heterocycles. The molecule has 1 aliphatic heterocycles. The second-order valence-electron chi connectivity index (χ2n) is 7.44. The number of ether oxygens (including phenoxy) is 1. The summed E-state index contributed by atoms with van der Waals surface area (Å²) in [4.78, 5) is 0. The first kappa shape index (κ1) is 12.6. The second kappa shape index (κ2) is 5.04. The highest BCUT2D eigenvalue weighted by atomic mass is 16.5. The van der Waals surface area contributed by atoms with Crippen molar-refractivity contribution in [3.05, 3.63) is 0 Å². The fraction of sp³-hybridized carbons (Fsp3) is 1.00. The van der Waals surface area contributed by atoms with Gasteiger partial charge in [0.2, 0.25) is 0 Å². The Bertz CT molecular complexity index is 309. The lowest BCUT2D eigenvalue weighted by molar-refractivity contribution is 0.0981. The van der Waals surface area contributed by atoms with Gasteiger partial charge in [0.15, 0.2) is 0 Å². The third-order valence-corrected chi connectivity index (χ3v) is 6.55. The lowest BCUT2D eigenvalue weighted by Gasteiger charge is -2.22. The minimum atomic E-state index is 0.580. The smallest absolute Gasteiger partial charge is 0.0576 e. The van der Waals surface area contributed by atoms with Crippen LogP contribution in [0, 0.1) is 29.6 Å². The molecule has 2 bridgehead atoms. The first-order chi connectivity index (χ1) is 9.38. The maximum Gasteiger partial charge on any atom is 0.0576 e. The van der Waals surface area contributed by atoms with Gasteiger partial charge in [-0.15, -0.1) is 0 Å². The zero-order chi connectivity index (χ0) is 12.8. The van der Waals surface area contributed by atoms with Gasteiger partial charge in [-0.3, -0.25) is 0 Å². The second-order valence-corrected chi connectivity index (χ2v) is 7.44. The Hall–Kier alpha value is -0.0800. The molecule has 1 N–H and O–H groups in total. The van der Waals surface area contributed by atoms with Crippen LogP contribution in [0.15, 0.2) is 0 Å². The van der Waals surface area contributed by atoms with Crippen molar-refractivity contribution >= 4 is 0 Å². The van der Waals surface area contributed by atoms with E-state index in [1.54, 1.807) is 19.3 Å². The van der Waals surface area contributed by atoms with E-state index < -0.39 is 0 Å². The van der Waals surface area contributed by atoms with Crippen molar-refractivity contribution in [3.63, 3.8) is 0 Å². The van der Waals surface area contributed by atoms with Crippen molar-refractivity contribution in [2.45, 2.75) is 64.0 Å². The van der Waals surface area contributed by atoms with Crippen molar-refractivity contribution in [2.24, 2.45) is 29.6 Å². The van der Waals surface area contributed by atoms with Gasteiger partial charge in [0, 0.05) is 12.6 Å². The van der Waals surface area contributed by atoms with Gasteiger partial charge in [-0.05, 0) is 81.1 Å². The Labute approximate surface area is 117 Å². The average Bonchev–Trinajstić information content (AvgIpc) is 2.83. The van der Waals surface area contributed by atoms with E-state index in [0.717, 1.165) is 48.8 Å². The van der Waals surface area contributed by atoms with Crippen LogP contribution in [0.4, 0.5) is 0 Å². The van der Waals surface area contributed by atoms with Crippen LogP contribution in [0.25, 0.3) is 0 Å². The summed E-state index contributed by atoms with van der Waals surface area (Å²) < 4.78 is 5.80. The van der Waals surface area contributed by atoms with Crippen LogP contribution in [-0.4, -0.2) is 25.3 Å². The highest BCUT2D eigenvalue weighted by Gasteiger charge is 2.66. The Balaban J connectivity index is 1.34. The van der Waals surface area contributed by atoms with E-state index >= 15 is 0 Å². The van der Waals surface area contributed by atoms with Gasteiger partial charge in [-0.25, -0.2) is 0 Å². The van der Waals surface area contributed by atoms with Gasteiger partial charge >= 0.3 is 0 Å². The maximum atomic E-state index is 5.80. The largest absolute Gasteiger partial charge is 0.378 e. The third kappa shape index (κ3) is 2.15. The van der Waals surface area contributed by atoms with Gasteiger partial charge in [0.25, 0.3) is 0 Å². The summed E-state index contributed by atoms with van der Waals surface area (Å²) in [5.74, 6) is 5.50. The molecule has 4 fully saturated rings. The van der Waals surface area contributed by atoms with Crippen LogP contribution in [0.5, 0.6) is 0 Å². The summed E-state index contributed by atoms with van der Waals surface area (Å²) in [6, 6.07) is 0.799. The van der Waals surface area contributed by atoms with E-state index in [2.05, 4.69) is 12.2 Å². The number of hydrogen-bond acceptors (Lipinski definition) is 2. The lowest BCUT2D eigenvalue weighted by atomic mass is 9.93. The van der Waals surface area contributed by atoms with Crippen molar-refractivity contribution in [2.75, 3.05) is 13.2 Å². The molecule has 6 atom stereocenters. The van der Waals surface area contributed by atoms with E-state index in [0.29, 0.717) is 6.10 Å². The highest BCUT2D eigenvalue weighted by molar-refractivity contribution is 5.15. The molecule has 6 unspecified atom stereocenters. The zero-order valence-electron chi connectivity index (χ0n) is 12.3. The summed E-state index contributed by atoms with van der Waals surface area (Å²) >= 11 is 0. The molecule has 4 rings (SSSR count). The van der Waals surface area contributed by atoms with Crippen LogP contribution in [0.3, 0.4) is 0 Å². The van der Waals surface area contributed by atoms with Crippen LogP contribution < -0.4 is 5.32 Å². The molecule has 0 aromatic heterocycles. The Morgan fingerprint density at radius 3 is 2.58 bits per heavy atom. The predicted octanol–water partition coefficient (Wildman–Crippen LogP) is 3.22. The number of rotatable bonds is 6. The molecular weight excluding hydrogens is 234 g/mol. The minimum absolute atomic E-state index is 0.580. The van der Waals surface area contributed by atoms with Crippen LogP contribution in [-0.2, 0) is 4.74 Å². The Morgan fingerprint density at radius 1 is 1.16 bits per heavy atom. The molecule has 0 aromatic carbocycles. The molecule has 108 valence electrons. The predicted molar refractivity (Wildman–Crippen MR) is 77.0 cm³/mol. The van der Waals surface area contributed by atoms with E-state index in [1.165, 1.54) is 25.7 Å². The molecule has 0 spiro atoms. The van der Waals surface area contributed by atoms with Crippen molar-refractivity contribution in [1.82, 2.24) is 5.32 Å². The summed E-state index contributed by atoms with van der Waals surface area (Å²) in [5.41, 5.74) is 0. The van der Waals surface area contributed by atoms with Crippen molar-refractivity contribution < 1.29 is 4.74 Å². The fourth-order valence-corrected chi connectivity index (χ4v) is 5.86. The molecule has 0 amide bonds. The van der Waals surface area contributed by atoms with Gasteiger partial charge in [0.05, 0.1) is 6.10 Å². The van der Waals surface area contributed by atoms with E-state index in [1.807, 2.05) is 0 Å². The molecule has 3 aliphatic carbocycles.